The summed E-state index contributed by atoms with van der Waals surface area (Å²) in [6, 6.07) is 4.32. The Morgan fingerprint density at radius 2 is 2.32 bits per heavy atom. The van der Waals surface area contributed by atoms with Gasteiger partial charge in [0.15, 0.2) is 0 Å². The van der Waals surface area contributed by atoms with Gasteiger partial charge in [0.2, 0.25) is 0 Å². The molecule has 19 heavy (non-hydrogen) atoms. The Kier molecular flexibility index (Phi) is 4.16. The van der Waals surface area contributed by atoms with Gasteiger partial charge in [0.05, 0.1) is 11.0 Å². The predicted octanol–water partition coefficient (Wildman–Crippen LogP) is 3.14. The van der Waals surface area contributed by atoms with Gasteiger partial charge in [-0.2, -0.15) is 0 Å². The first-order chi connectivity index (χ1) is 9.08. The van der Waals surface area contributed by atoms with Crippen LogP contribution in [-0.4, -0.2) is 16.1 Å². The zero-order valence-electron chi connectivity index (χ0n) is 10.8. The highest BCUT2D eigenvalue weighted by Crippen LogP contribution is 2.31. The lowest BCUT2D eigenvalue weighted by Crippen LogP contribution is -2.17. The number of aliphatic hydroxyl groups is 1. The van der Waals surface area contributed by atoms with E-state index in [0.29, 0.717) is 11.3 Å². The van der Waals surface area contributed by atoms with Crippen molar-refractivity contribution in [2.24, 2.45) is 0 Å². The average molecular weight is 263 g/mol. The van der Waals surface area contributed by atoms with Gasteiger partial charge in [-0.05, 0) is 38.3 Å². The Hall–Kier alpha value is -1.88. The van der Waals surface area contributed by atoms with Crippen LogP contribution in [0.5, 0.6) is 5.75 Å². The van der Waals surface area contributed by atoms with Crippen LogP contribution in [0.4, 0.5) is 5.69 Å². The number of hydrogen-bond donors (Lipinski definition) is 1. The van der Waals surface area contributed by atoms with E-state index in [4.69, 9.17) is 4.74 Å². The van der Waals surface area contributed by atoms with Gasteiger partial charge in [0.25, 0.3) is 5.69 Å². The number of nitrogens with zero attached hydrogens (tertiary/aromatic N) is 1. The summed E-state index contributed by atoms with van der Waals surface area (Å²) in [7, 11) is 0. The molecule has 0 saturated carbocycles. The van der Waals surface area contributed by atoms with Crippen LogP contribution in [0.15, 0.2) is 30.4 Å². The Labute approximate surface area is 111 Å². The SMILES string of the molecule is C[C@H](O)c1cc([N+](=O)[O-])ccc1OC1C=CCCC1. The molecule has 1 aromatic carbocycles. The zero-order chi connectivity index (χ0) is 13.8. The molecule has 102 valence electrons. The molecule has 5 nitrogen and oxygen atoms in total. The molecule has 1 aliphatic carbocycles. The number of aliphatic hydroxyl groups excluding tert-OH is 1. The van der Waals surface area contributed by atoms with E-state index in [9.17, 15) is 15.2 Å². The minimum atomic E-state index is -0.803. The molecule has 2 atom stereocenters. The lowest BCUT2D eigenvalue weighted by molar-refractivity contribution is -0.385. The third-order valence-electron chi connectivity index (χ3n) is 3.14. The summed E-state index contributed by atoms with van der Waals surface area (Å²) in [5, 5.41) is 20.5. The average Bonchev–Trinajstić information content (AvgIpc) is 2.39. The van der Waals surface area contributed by atoms with E-state index in [-0.39, 0.29) is 11.8 Å². The van der Waals surface area contributed by atoms with Gasteiger partial charge >= 0.3 is 0 Å². The van der Waals surface area contributed by atoms with Crippen LogP contribution in [0.2, 0.25) is 0 Å². The fourth-order valence-corrected chi connectivity index (χ4v) is 2.13. The van der Waals surface area contributed by atoms with Crippen molar-refractivity contribution >= 4 is 5.69 Å². The van der Waals surface area contributed by atoms with Crippen LogP contribution in [-0.2, 0) is 0 Å². The van der Waals surface area contributed by atoms with Crippen molar-refractivity contribution in [2.75, 3.05) is 0 Å². The largest absolute Gasteiger partial charge is 0.486 e. The number of non-ortho nitro benzene ring substituents is 1. The number of nitro benzene ring substituents is 1. The maximum atomic E-state index is 10.7. The van der Waals surface area contributed by atoms with E-state index in [1.807, 2.05) is 6.08 Å². The van der Waals surface area contributed by atoms with E-state index < -0.39 is 11.0 Å². The van der Waals surface area contributed by atoms with E-state index in [1.54, 1.807) is 13.0 Å². The molecular weight excluding hydrogens is 246 g/mol. The summed E-state index contributed by atoms with van der Waals surface area (Å²) < 4.78 is 5.81. The maximum Gasteiger partial charge on any atom is 0.270 e. The molecule has 0 saturated heterocycles. The lowest BCUT2D eigenvalue weighted by atomic mass is 10.0. The third kappa shape index (κ3) is 3.32. The van der Waals surface area contributed by atoms with Crippen LogP contribution >= 0.6 is 0 Å². The van der Waals surface area contributed by atoms with Crippen molar-refractivity contribution < 1.29 is 14.8 Å². The fourth-order valence-electron chi connectivity index (χ4n) is 2.13. The number of benzene rings is 1. The van der Waals surface area contributed by atoms with Crippen LogP contribution in [0.1, 0.15) is 37.9 Å². The highest BCUT2D eigenvalue weighted by Gasteiger charge is 2.18. The van der Waals surface area contributed by atoms with Crippen molar-refractivity contribution in [2.45, 2.75) is 38.4 Å². The van der Waals surface area contributed by atoms with Gasteiger partial charge in [0, 0.05) is 17.7 Å². The van der Waals surface area contributed by atoms with Gasteiger partial charge in [-0.25, -0.2) is 0 Å². The van der Waals surface area contributed by atoms with Crippen molar-refractivity contribution in [3.63, 3.8) is 0 Å². The molecule has 5 heteroatoms. The Morgan fingerprint density at radius 3 is 2.89 bits per heavy atom. The van der Waals surface area contributed by atoms with E-state index in [2.05, 4.69) is 6.08 Å². The second-order valence-electron chi connectivity index (χ2n) is 4.67. The number of ether oxygens (including phenoxy) is 1. The highest BCUT2D eigenvalue weighted by atomic mass is 16.6. The molecule has 0 spiro atoms. The minimum absolute atomic E-state index is 0.0206. The second kappa shape index (κ2) is 5.84. The Balaban J connectivity index is 2.25. The topological polar surface area (TPSA) is 72.6 Å². The van der Waals surface area contributed by atoms with Crippen LogP contribution in [0.25, 0.3) is 0 Å². The molecule has 2 rings (SSSR count). The molecule has 1 aliphatic rings. The van der Waals surface area contributed by atoms with Crippen LogP contribution in [0, 0.1) is 10.1 Å². The smallest absolute Gasteiger partial charge is 0.270 e. The first-order valence-corrected chi connectivity index (χ1v) is 6.37. The van der Waals surface area contributed by atoms with Crippen molar-refractivity contribution in [1.29, 1.82) is 0 Å². The molecular formula is C14H17NO4. The van der Waals surface area contributed by atoms with E-state index in [1.165, 1.54) is 12.1 Å². The van der Waals surface area contributed by atoms with Crippen LogP contribution in [0.3, 0.4) is 0 Å². The van der Waals surface area contributed by atoms with Gasteiger partial charge in [-0.15, -0.1) is 0 Å². The highest BCUT2D eigenvalue weighted by molar-refractivity contribution is 5.45. The molecule has 0 aliphatic heterocycles. The summed E-state index contributed by atoms with van der Waals surface area (Å²) in [4.78, 5) is 10.3. The molecule has 1 N–H and O–H groups in total. The minimum Gasteiger partial charge on any atom is -0.486 e. The number of rotatable bonds is 4. The van der Waals surface area contributed by atoms with Gasteiger partial charge in [0.1, 0.15) is 11.9 Å². The Morgan fingerprint density at radius 1 is 1.53 bits per heavy atom. The molecule has 0 heterocycles. The predicted molar refractivity (Wildman–Crippen MR) is 71.1 cm³/mol. The van der Waals surface area contributed by atoms with Gasteiger partial charge in [-0.1, -0.05) is 6.08 Å². The van der Waals surface area contributed by atoms with Gasteiger partial charge in [-0.3, -0.25) is 10.1 Å². The summed E-state index contributed by atoms with van der Waals surface area (Å²) in [5.41, 5.74) is 0.413. The quantitative estimate of drug-likeness (QED) is 0.514. The summed E-state index contributed by atoms with van der Waals surface area (Å²) in [5.74, 6) is 0.511. The monoisotopic (exact) mass is 263 g/mol. The summed E-state index contributed by atoms with van der Waals surface area (Å²) in [6.07, 6.45) is 6.29. The molecule has 0 amide bonds. The van der Waals surface area contributed by atoms with Crippen molar-refractivity contribution in [3.8, 4) is 5.75 Å². The normalized spacial score (nSPS) is 20.0. The number of nitro groups is 1. The van der Waals surface area contributed by atoms with E-state index >= 15 is 0 Å². The van der Waals surface area contributed by atoms with Crippen molar-refractivity contribution in [1.82, 2.24) is 0 Å². The number of allylic oxidation sites excluding steroid dienone is 1. The fraction of sp³-hybridized carbons (Fsp3) is 0.429. The molecule has 0 radical (unpaired) electrons. The van der Waals surface area contributed by atoms with Crippen molar-refractivity contribution in [3.05, 3.63) is 46.0 Å². The van der Waals surface area contributed by atoms with E-state index in [0.717, 1.165) is 19.3 Å². The summed E-state index contributed by atoms with van der Waals surface area (Å²) in [6.45, 7) is 1.57. The molecule has 1 aromatic rings. The van der Waals surface area contributed by atoms with Gasteiger partial charge < -0.3 is 9.84 Å². The standard InChI is InChI=1S/C14H17NO4/c1-10(16)13-9-11(15(17)18)7-8-14(13)19-12-5-3-2-4-6-12/h3,5,7-10,12,16H,2,4,6H2,1H3/t10-,12?/m0/s1. The number of hydrogen-bond acceptors (Lipinski definition) is 4. The molecule has 1 unspecified atom stereocenters. The zero-order valence-corrected chi connectivity index (χ0v) is 10.8. The van der Waals surface area contributed by atoms with Crippen LogP contribution < -0.4 is 4.74 Å². The molecule has 0 bridgehead atoms. The maximum absolute atomic E-state index is 10.7. The second-order valence-corrected chi connectivity index (χ2v) is 4.67. The Bertz CT molecular complexity index is 496. The molecule has 0 fully saturated rings. The first kappa shape index (κ1) is 13.5. The first-order valence-electron chi connectivity index (χ1n) is 6.37. The molecule has 0 aromatic heterocycles. The third-order valence-corrected chi connectivity index (χ3v) is 3.14. The lowest BCUT2D eigenvalue weighted by Gasteiger charge is -2.21. The summed E-state index contributed by atoms with van der Waals surface area (Å²) >= 11 is 0.